The highest BCUT2D eigenvalue weighted by atomic mass is 32.2. The molecule has 0 saturated carbocycles. The highest BCUT2D eigenvalue weighted by Gasteiger charge is 2.26. The second-order valence-electron chi connectivity index (χ2n) is 5.07. The highest BCUT2D eigenvalue weighted by Crippen LogP contribution is 2.20. The van der Waals surface area contributed by atoms with Crippen molar-refractivity contribution >= 4 is 10.0 Å². The molecule has 0 aliphatic heterocycles. The molecule has 7 heteroatoms. The fourth-order valence-corrected chi connectivity index (χ4v) is 3.08. The minimum atomic E-state index is -4.14. The third-order valence-corrected chi connectivity index (χ3v) is 4.53. The molecule has 0 bridgehead atoms. The van der Waals surface area contributed by atoms with Crippen LogP contribution in [0.2, 0.25) is 0 Å². The van der Waals surface area contributed by atoms with Gasteiger partial charge in [0, 0.05) is 12.6 Å². The Morgan fingerprint density at radius 3 is 2.18 bits per heavy atom. The van der Waals surface area contributed by atoms with Gasteiger partial charge >= 0.3 is 0 Å². The number of rotatable bonds is 5. The second kappa shape index (κ2) is 6.12. The van der Waals surface area contributed by atoms with Gasteiger partial charge in [0.2, 0.25) is 10.0 Å². The van der Waals surface area contributed by atoms with E-state index in [4.69, 9.17) is 0 Å². The number of aliphatic hydroxyl groups is 1. The summed E-state index contributed by atoms with van der Waals surface area (Å²) in [6, 6.07) is 10.5. The molecular weight excluding hydrogens is 312 g/mol. The van der Waals surface area contributed by atoms with E-state index in [2.05, 4.69) is 4.72 Å². The van der Waals surface area contributed by atoms with Crippen LogP contribution in [0.5, 0.6) is 0 Å². The summed E-state index contributed by atoms with van der Waals surface area (Å²) in [4.78, 5) is -0.533. The first kappa shape index (κ1) is 16.5. The van der Waals surface area contributed by atoms with Crippen LogP contribution >= 0.6 is 0 Å². The lowest BCUT2D eigenvalue weighted by molar-refractivity contribution is 0.0627. The number of benzene rings is 2. The fourth-order valence-electron chi connectivity index (χ4n) is 1.90. The minimum Gasteiger partial charge on any atom is -0.384 e. The number of halogens is 2. The van der Waals surface area contributed by atoms with Gasteiger partial charge in [-0.3, -0.25) is 0 Å². The van der Waals surface area contributed by atoms with E-state index < -0.39 is 32.2 Å². The topological polar surface area (TPSA) is 66.4 Å². The molecule has 0 aromatic heterocycles. The summed E-state index contributed by atoms with van der Waals surface area (Å²) in [6.07, 6.45) is 0. The zero-order chi connectivity index (χ0) is 16.4. The van der Waals surface area contributed by atoms with Crippen molar-refractivity contribution in [2.24, 2.45) is 0 Å². The summed E-state index contributed by atoms with van der Waals surface area (Å²) in [5.41, 5.74) is -0.941. The van der Waals surface area contributed by atoms with Gasteiger partial charge in [0.1, 0.15) is 17.2 Å². The second-order valence-corrected chi connectivity index (χ2v) is 6.84. The molecule has 0 saturated heterocycles. The summed E-state index contributed by atoms with van der Waals surface area (Å²) in [7, 11) is -4.14. The average molecular weight is 327 g/mol. The maximum atomic E-state index is 13.1. The van der Waals surface area contributed by atoms with Gasteiger partial charge in [-0.15, -0.1) is 0 Å². The Bertz CT molecular complexity index is 741. The zero-order valence-corrected chi connectivity index (χ0v) is 12.6. The lowest BCUT2D eigenvalue weighted by Crippen LogP contribution is -2.38. The lowest BCUT2D eigenvalue weighted by atomic mass is 9.97. The van der Waals surface area contributed by atoms with Gasteiger partial charge in [-0.25, -0.2) is 21.9 Å². The first-order valence-corrected chi connectivity index (χ1v) is 7.93. The molecule has 0 radical (unpaired) electrons. The highest BCUT2D eigenvalue weighted by molar-refractivity contribution is 7.89. The van der Waals surface area contributed by atoms with Crippen molar-refractivity contribution in [3.63, 3.8) is 0 Å². The molecule has 0 heterocycles. The van der Waals surface area contributed by atoms with Crippen molar-refractivity contribution in [1.29, 1.82) is 0 Å². The Kier molecular flexibility index (Phi) is 4.60. The standard InChI is InChI=1S/C15H15F2NO3S/c1-15(19,11-5-3-2-4-6-11)10-18-22(20,21)14-8-12(16)7-13(17)9-14/h2-9,18-19H,10H2,1H3. The van der Waals surface area contributed by atoms with E-state index in [1.54, 1.807) is 30.3 Å². The fraction of sp³-hybridized carbons (Fsp3) is 0.200. The lowest BCUT2D eigenvalue weighted by Gasteiger charge is -2.24. The van der Waals surface area contributed by atoms with Crippen molar-refractivity contribution in [1.82, 2.24) is 4.72 Å². The number of sulfonamides is 1. The van der Waals surface area contributed by atoms with Crippen molar-refractivity contribution in [2.45, 2.75) is 17.4 Å². The van der Waals surface area contributed by atoms with Crippen molar-refractivity contribution in [2.75, 3.05) is 6.54 Å². The smallest absolute Gasteiger partial charge is 0.240 e. The van der Waals surface area contributed by atoms with Crippen molar-refractivity contribution < 1.29 is 22.3 Å². The first-order valence-electron chi connectivity index (χ1n) is 6.44. The quantitative estimate of drug-likeness (QED) is 0.884. The Morgan fingerprint density at radius 2 is 1.64 bits per heavy atom. The molecule has 0 aliphatic carbocycles. The van der Waals surface area contributed by atoms with E-state index >= 15 is 0 Å². The minimum absolute atomic E-state index is 0.336. The Balaban J connectivity index is 2.19. The molecule has 1 unspecified atom stereocenters. The molecular formula is C15H15F2NO3S. The zero-order valence-electron chi connectivity index (χ0n) is 11.8. The summed E-state index contributed by atoms with van der Waals surface area (Å²) in [5.74, 6) is -1.98. The molecule has 118 valence electrons. The molecule has 2 aromatic carbocycles. The number of hydrogen-bond donors (Lipinski definition) is 2. The maximum absolute atomic E-state index is 13.1. The van der Waals surface area contributed by atoms with Crippen molar-refractivity contribution in [3.8, 4) is 0 Å². The van der Waals surface area contributed by atoms with Gasteiger partial charge in [-0.05, 0) is 24.6 Å². The van der Waals surface area contributed by atoms with Crippen LogP contribution in [-0.4, -0.2) is 20.1 Å². The summed E-state index contributed by atoms with van der Waals surface area (Å²) < 4.78 is 52.5. The van der Waals surface area contributed by atoms with Gasteiger partial charge < -0.3 is 5.11 Å². The largest absolute Gasteiger partial charge is 0.384 e. The Labute approximate surface area is 127 Å². The molecule has 2 rings (SSSR count). The third kappa shape index (κ3) is 3.88. The Morgan fingerprint density at radius 1 is 1.09 bits per heavy atom. The summed E-state index contributed by atoms with van der Waals surface area (Å²) in [5, 5.41) is 10.3. The summed E-state index contributed by atoms with van der Waals surface area (Å²) >= 11 is 0. The summed E-state index contributed by atoms with van der Waals surface area (Å²) in [6.45, 7) is 1.11. The van der Waals surface area contributed by atoms with Gasteiger partial charge in [0.05, 0.1) is 4.90 Å². The van der Waals surface area contributed by atoms with Crippen LogP contribution in [0.1, 0.15) is 12.5 Å². The number of hydrogen-bond acceptors (Lipinski definition) is 3. The molecule has 2 aromatic rings. The molecule has 2 N–H and O–H groups in total. The monoisotopic (exact) mass is 327 g/mol. The predicted octanol–water partition coefficient (Wildman–Crippen LogP) is 2.15. The molecule has 4 nitrogen and oxygen atoms in total. The van der Waals surface area contributed by atoms with Gasteiger partial charge in [0.25, 0.3) is 0 Å². The van der Waals surface area contributed by atoms with Crippen LogP contribution in [0.3, 0.4) is 0 Å². The van der Waals surface area contributed by atoms with Gasteiger partial charge in [-0.1, -0.05) is 30.3 Å². The molecule has 22 heavy (non-hydrogen) atoms. The first-order chi connectivity index (χ1) is 10.2. The number of nitrogens with one attached hydrogen (secondary N) is 1. The van der Waals surface area contributed by atoms with E-state index in [1.165, 1.54) is 6.92 Å². The van der Waals surface area contributed by atoms with Crippen molar-refractivity contribution in [3.05, 3.63) is 65.7 Å². The van der Waals surface area contributed by atoms with Crippen LogP contribution in [0, 0.1) is 11.6 Å². The molecule has 0 fully saturated rings. The molecule has 1 atom stereocenters. The Hall–Kier alpha value is -1.83. The SMILES string of the molecule is CC(O)(CNS(=O)(=O)c1cc(F)cc(F)c1)c1ccccc1. The molecule has 0 amide bonds. The van der Waals surface area contributed by atoms with Crippen LogP contribution < -0.4 is 4.72 Å². The maximum Gasteiger partial charge on any atom is 0.240 e. The van der Waals surface area contributed by atoms with E-state index in [1.807, 2.05) is 0 Å². The van der Waals surface area contributed by atoms with E-state index in [9.17, 15) is 22.3 Å². The van der Waals surface area contributed by atoms with Crippen LogP contribution in [0.4, 0.5) is 8.78 Å². The predicted molar refractivity (Wildman–Crippen MR) is 77.6 cm³/mol. The van der Waals surface area contributed by atoms with Crippen LogP contribution in [0.25, 0.3) is 0 Å². The normalized spacial score (nSPS) is 14.5. The van der Waals surface area contributed by atoms with E-state index in [0.717, 1.165) is 0 Å². The molecule has 0 spiro atoms. The third-order valence-electron chi connectivity index (χ3n) is 3.15. The average Bonchev–Trinajstić information content (AvgIpc) is 2.45. The van der Waals surface area contributed by atoms with Gasteiger partial charge in [0.15, 0.2) is 0 Å². The van der Waals surface area contributed by atoms with Gasteiger partial charge in [-0.2, -0.15) is 0 Å². The molecule has 0 aliphatic rings. The van der Waals surface area contributed by atoms with Crippen LogP contribution in [0.15, 0.2) is 53.4 Å². The van der Waals surface area contributed by atoms with E-state index in [0.29, 0.717) is 23.8 Å². The van der Waals surface area contributed by atoms with E-state index in [-0.39, 0.29) is 6.54 Å². The van der Waals surface area contributed by atoms with Crippen LogP contribution in [-0.2, 0) is 15.6 Å².